The van der Waals surface area contributed by atoms with Gasteiger partial charge in [0.2, 0.25) is 88.6 Å². The topological polar surface area (TPSA) is 547 Å². The zero-order valence-electron chi connectivity index (χ0n) is 75.1. The molecule has 5 aromatic carbocycles. The van der Waals surface area contributed by atoms with Gasteiger partial charge in [0.25, 0.3) is 0 Å². The maximum atomic E-state index is 15.7. The number of aromatic hydroxyl groups is 1. The van der Waals surface area contributed by atoms with E-state index in [1.54, 1.807) is 98.0 Å². The van der Waals surface area contributed by atoms with Gasteiger partial charge >= 0.3 is 11.9 Å². The number of carbonyl (C=O) groups excluding carboxylic acids is 15. The molecule has 14 atom stereocenters. The van der Waals surface area contributed by atoms with Crippen LogP contribution >= 0.6 is 11.8 Å². The predicted molar refractivity (Wildman–Crippen MR) is 480 cm³/mol. The fraction of sp³-hybridized carbons (Fsp3) is 0.467. The molecule has 16 N–H and O–H groups in total. The van der Waals surface area contributed by atoms with E-state index in [4.69, 9.17) is 10.5 Å². The van der Waals surface area contributed by atoms with E-state index in [-0.39, 0.29) is 70.3 Å². The number of ether oxygens (including phenoxy) is 1. The van der Waals surface area contributed by atoms with E-state index in [1.165, 1.54) is 59.3 Å². The number of unbranched alkanes of at least 4 members (excludes halogenated alkanes) is 1. The number of carbonyl (C=O) groups is 17. The van der Waals surface area contributed by atoms with Crippen LogP contribution in [0.2, 0.25) is 0 Å². The van der Waals surface area contributed by atoms with Gasteiger partial charge in [-0.2, -0.15) is 0 Å². The Kier molecular flexibility index (Phi) is 38.3. The van der Waals surface area contributed by atoms with Crippen LogP contribution in [0.25, 0.3) is 10.9 Å². The number of H-pyrrole nitrogens is 1. The molecule has 3 aliphatic heterocycles. The first kappa shape index (κ1) is 104. The van der Waals surface area contributed by atoms with Crippen LogP contribution in [0.1, 0.15) is 113 Å². The number of hydrogen-bond acceptors (Lipinski definition) is 21. The number of nitrogens with zero attached hydrogens (tertiary/aromatic N) is 5. The van der Waals surface area contributed by atoms with Gasteiger partial charge in [0.1, 0.15) is 84.3 Å². The van der Waals surface area contributed by atoms with Crippen LogP contribution in [0.15, 0.2) is 128 Å². The molecule has 0 unspecified atom stereocenters. The van der Waals surface area contributed by atoms with Gasteiger partial charge in [-0.05, 0) is 96.2 Å². The number of para-hydroxylation sites is 1. The van der Waals surface area contributed by atoms with Crippen molar-refractivity contribution in [2.45, 2.75) is 202 Å². The van der Waals surface area contributed by atoms with Crippen LogP contribution < -0.4 is 53.6 Å². The number of thioether (sulfide) groups is 1. The Balaban J connectivity index is 1.14. The Morgan fingerprint density at radius 2 is 1.10 bits per heavy atom. The highest BCUT2D eigenvalue weighted by Crippen LogP contribution is 2.29. The molecular formula is C92H115F3N16O22S. The van der Waals surface area contributed by atoms with Crippen LogP contribution in [0.4, 0.5) is 13.2 Å². The van der Waals surface area contributed by atoms with Crippen molar-refractivity contribution in [1.82, 2.24) is 77.3 Å². The average molecular weight is 1890 g/mol. The van der Waals surface area contributed by atoms with Crippen molar-refractivity contribution in [2.75, 3.05) is 66.0 Å². The molecule has 134 heavy (non-hydrogen) atoms. The quantitative estimate of drug-likeness (QED) is 0.0351. The number of nitrogens with one attached hydrogen (secondary N) is 10. The van der Waals surface area contributed by atoms with Crippen molar-refractivity contribution < 1.29 is 120 Å². The van der Waals surface area contributed by atoms with Gasteiger partial charge in [0, 0.05) is 116 Å². The summed E-state index contributed by atoms with van der Waals surface area (Å²) in [5.74, 6) is -26.6. The Morgan fingerprint density at radius 3 is 1.72 bits per heavy atom. The molecule has 42 heteroatoms. The molecule has 9 rings (SSSR count). The SMILES string of the molecule is CCCC[C@H]1C(=O)N2C[C@H](O)C[C@@H]2C(=O)N[C@@H](CC(=O)O)C(=O)N[C@@H](C(C)C)C(=O)N(C)[C@H](Cc2ccccc2)C(=O)N[C@@H](CCC(=O)O)C(=O)N2CCC[C@@H]2C(=O)N[C@@H](Cc2c[nH]c3ccccc23)C(=O)N[C@@H](Cc2ccc(O)cc2)C(=O)N[C@H](CCOC)C(=O)N[C@H](C(=O)NCC(N)=O)CSCC(=O)N[C@H](Cc2cc(F)c(F)c(F)c2)C(=O)N(C)[C@@H](Cc2ccccc2)C(=O)N1C. The highest BCUT2D eigenvalue weighted by molar-refractivity contribution is 8.00. The molecule has 38 nitrogen and oxygen atoms in total. The number of fused-ring (bicyclic) bond motifs is 3. The van der Waals surface area contributed by atoms with Gasteiger partial charge in [-0.3, -0.25) is 81.5 Å². The first-order chi connectivity index (χ1) is 63.7. The van der Waals surface area contributed by atoms with E-state index in [0.29, 0.717) is 63.5 Å². The molecule has 3 aliphatic rings. The number of phenolic OH excluding ortho intramolecular Hbond substituents is 1. The fourth-order valence-corrected chi connectivity index (χ4v) is 17.1. The number of phenols is 1. The molecule has 3 fully saturated rings. The van der Waals surface area contributed by atoms with Gasteiger partial charge in [0.15, 0.2) is 17.5 Å². The zero-order chi connectivity index (χ0) is 97.9. The number of nitrogens with two attached hydrogens (primary N) is 1. The third-order valence-electron chi connectivity index (χ3n) is 23.6. The molecule has 1 aromatic heterocycles. The lowest BCUT2D eigenvalue weighted by Gasteiger charge is -2.38. The Labute approximate surface area is 774 Å². The standard InChI is InChI=1S/C92H115F3N16O22S/c1-8-9-25-70-91(131)111-47-57(113)43-72(111)87(127)104-66(44-77(118)119)84(124)106-79(50(2)3)92(132)108(5)71(40-51-19-12-10-13-20-51)86(126)101-63(31-32-76(116)117)89(129)110-34-18-26-69(110)85(125)103-65(42-55-45-97-61-24-17-16-23-58(55)61)83(123)102-64(38-53-27-29-56(112)30-28-53)82(122)100-62(33-35-133-7)81(121)105-68(80(120)98-46-74(96)114)48-134-49-75(115)99-67(39-54-36-59(93)78(95)60(94)37-54)88(128)109(6)73(90(130)107(70)4)41-52-21-14-11-15-22-52/h10-17,19-24,27-30,36-37,45,50,57,62-73,79,97,112-113H,8-9,18,25-26,31-35,38-44,46-49H2,1-7H3,(H2,96,114)(H,98,120)(H,99,115)(H,100,122)(H,101,126)(H,102,123)(H,103,125)(H,104,127)(H,105,121)(H,106,124)(H,116,117)(H,118,119)/t57-,62-,63+,64+,65+,66+,67-,68+,69-,70+,71-,72-,73+,79+/m1/s1. The van der Waals surface area contributed by atoms with Crippen molar-refractivity contribution in [3.8, 4) is 5.75 Å². The predicted octanol–water partition coefficient (Wildman–Crippen LogP) is 0.687. The second kappa shape index (κ2) is 49.3. The molecule has 4 heterocycles. The second-order valence-electron chi connectivity index (χ2n) is 33.7. The molecule has 722 valence electrons. The van der Waals surface area contributed by atoms with Crippen LogP contribution in [0.5, 0.6) is 5.75 Å². The van der Waals surface area contributed by atoms with E-state index >= 15 is 51.9 Å². The number of primary amides is 1. The van der Waals surface area contributed by atoms with Crippen LogP contribution in [0.3, 0.4) is 0 Å². The number of likely N-dealkylation sites (N-methyl/N-ethyl adjacent to an activating group) is 3. The number of hydrogen-bond donors (Lipinski definition) is 15. The summed E-state index contributed by atoms with van der Waals surface area (Å²) in [6.45, 7) is 2.94. The van der Waals surface area contributed by atoms with E-state index in [2.05, 4.69) is 52.8 Å². The number of aliphatic hydroxyl groups excluding tert-OH is 1. The third-order valence-corrected chi connectivity index (χ3v) is 24.6. The van der Waals surface area contributed by atoms with Crippen LogP contribution in [-0.4, -0.2) is 301 Å². The largest absolute Gasteiger partial charge is 0.508 e. The monoisotopic (exact) mass is 1880 g/mol. The normalized spacial score (nSPS) is 24.0. The number of halogens is 3. The van der Waals surface area contributed by atoms with Crippen molar-refractivity contribution in [3.05, 3.63) is 173 Å². The number of aromatic amines is 1. The highest BCUT2D eigenvalue weighted by Gasteiger charge is 2.48. The zero-order valence-corrected chi connectivity index (χ0v) is 75.9. The van der Waals surface area contributed by atoms with Crippen LogP contribution in [-0.2, 0) is 118 Å². The Morgan fingerprint density at radius 1 is 0.552 bits per heavy atom. The summed E-state index contributed by atoms with van der Waals surface area (Å²) < 4.78 is 50.4. The number of carboxylic acid groups (broad SMARTS) is 2. The number of amides is 15. The lowest BCUT2D eigenvalue weighted by atomic mass is 9.98. The smallest absolute Gasteiger partial charge is 0.305 e. The fourth-order valence-electron chi connectivity index (χ4n) is 16.3. The minimum atomic E-state index is -2.06. The molecular weight excluding hydrogens is 1770 g/mol. The number of aliphatic carboxylic acids is 2. The summed E-state index contributed by atoms with van der Waals surface area (Å²) in [5, 5.41) is 65.9. The molecule has 0 spiro atoms. The van der Waals surface area contributed by atoms with E-state index < -0.39 is 277 Å². The summed E-state index contributed by atoms with van der Waals surface area (Å²) >= 11 is 0.631. The Bertz CT molecular complexity index is 5210. The van der Waals surface area contributed by atoms with E-state index in [9.17, 15) is 63.2 Å². The average Bonchev–Trinajstić information content (AvgIpc) is 1.48. The Hall–Kier alpha value is -13.5. The van der Waals surface area contributed by atoms with E-state index in [0.717, 1.165) is 31.5 Å². The third kappa shape index (κ3) is 28.8. The summed E-state index contributed by atoms with van der Waals surface area (Å²) in [4.78, 5) is 258. The molecule has 15 amide bonds. The molecule has 0 saturated carbocycles. The molecule has 0 aliphatic carbocycles. The summed E-state index contributed by atoms with van der Waals surface area (Å²) in [5.41, 5.74) is 7.26. The van der Waals surface area contributed by atoms with Gasteiger partial charge in [-0.1, -0.05) is 125 Å². The summed E-state index contributed by atoms with van der Waals surface area (Å²) in [7, 11) is 4.84. The van der Waals surface area contributed by atoms with Gasteiger partial charge in [-0.15, -0.1) is 11.8 Å². The van der Waals surface area contributed by atoms with Gasteiger partial charge < -0.3 is 108 Å². The van der Waals surface area contributed by atoms with E-state index in [1.807, 2.05) is 0 Å². The number of methoxy groups -OCH3 is 1. The lowest BCUT2D eigenvalue weighted by molar-refractivity contribution is -0.152. The number of rotatable bonds is 25. The maximum Gasteiger partial charge on any atom is 0.305 e. The number of benzene rings is 5. The molecule has 3 saturated heterocycles. The number of aliphatic hydroxyl groups is 1. The minimum absolute atomic E-state index is 0.0714. The van der Waals surface area contributed by atoms with Crippen LogP contribution in [0, 0.1) is 23.4 Å². The van der Waals surface area contributed by atoms with Gasteiger partial charge in [0.05, 0.1) is 24.8 Å². The molecule has 0 bridgehead atoms. The summed E-state index contributed by atoms with van der Waals surface area (Å²) in [6, 6.07) is 7.46. The van der Waals surface area contributed by atoms with Gasteiger partial charge in [-0.25, -0.2) is 13.2 Å². The highest BCUT2D eigenvalue weighted by atomic mass is 32.2. The maximum absolute atomic E-state index is 15.7. The minimum Gasteiger partial charge on any atom is -0.508 e. The first-order valence-corrected chi connectivity index (χ1v) is 45.0. The van der Waals surface area contributed by atoms with Crippen molar-refractivity contribution in [1.29, 1.82) is 0 Å². The molecule has 6 aromatic rings. The molecule has 0 radical (unpaired) electrons. The second-order valence-corrected chi connectivity index (χ2v) is 34.8. The van der Waals surface area contributed by atoms with Crippen molar-refractivity contribution in [2.24, 2.45) is 11.7 Å². The van der Waals surface area contributed by atoms with Crippen molar-refractivity contribution in [3.63, 3.8) is 0 Å². The van der Waals surface area contributed by atoms with Crippen molar-refractivity contribution >= 4 is 123 Å². The lowest BCUT2D eigenvalue weighted by Crippen LogP contribution is -2.62. The first-order valence-electron chi connectivity index (χ1n) is 43.9. The number of aromatic nitrogens is 1. The number of carboxylic acids is 2. The summed E-state index contributed by atoms with van der Waals surface area (Å²) in [6.07, 6.45) is -4.92.